The van der Waals surface area contributed by atoms with Crippen LogP contribution in [0.25, 0.3) is 0 Å². The predicted octanol–water partition coefficient (Wildman–Crippen LogP) is 13.0. The van der Waals surface area contributed by atoms with E-state index in [2.05, 4.69) is 53.2 Å². The van der Waals surface area contributed by atoms with Crippen molar-refractivity contribution in [3.8, 4) is 34.5 Å². The van der Waals surface area contributed by atoms with E-state index in [9.17, 15) is 93.1 Å². The van der Waals surface area contributed by atoms with Gasteiger partial charge in [-0.2, -0.15) is 0 Å². The summed E-state index contributed by atoms with van der Waals surface area (Å²) in [5, 5.41) is 80.1. The second-order valence-electron chi connectivity index (χ2n) is 29.9. The highest BCUT2D eigenvalue weighted by Gasteiger charge is 2.38. The van der Waals surface area contributed by atoms with Crippen molar-refractivity contribution in [2.75, 3.05) is 56.8 Å². The van der Waals surface area contributed by atoms with Crippen LogP contribution >= 0.6 is 0 Å². The Morgan fingerprint density at radius 2 is 0.608 bits per heavy atom. The molecule has 0 aromatic heterocycles. The topological polar surface area (TPSA) is 554 Å². The number of primary amides is 1. The summed E-state index contributed by atoms with van der Waals surface area (Å²) < 4.78 is 33.9. The third kappa shape index (κ3) is 26.2. The number of nitrogens with zero attached hydrogens (tertiary/aromatic N) is 2. The number of benzene rings is 10. The highest BCUT2D eigenvalue weighted by molar-refractivity contribution is 6.13. The molecular formula is C92H93N13O25. The molecule has 0 radical (unpaired) electrons. The zero-order valence-electron chi connectivity index (χ0n) is 72.0. The fraction of sp³-hybridized carbons (Fsp3) is 0.217. The molecule has 38 heteroatoms. The number of ether oxygens (including phenoxy) is 6. The third-order valence-corrected chi connectivity index (χ3v) is 18.5. The number of phenolic OH excluding ortho intramolecular Hbond substituents is 2. The number of nitrogens with two attached hydrogens (primary N) is 1. The Morgan fingerprint density at radius 1 is 0.338 bits per heavy atom. The van der Waals surface area contributed by atoms with E-state index in [4.69, 9.17) is 34.2 Å². The van der Waals surface area contributed by atoms with E-state index in [-0.39, 0.29) is 108 Å². The Balaban J connectivity index is 0.000000293. The van der Waals surface area contributed by atoms with E-state index < -0.39 is 129 Å². The van der Waals surface area contributed by atoms with E-state index in [1.165, 1.54) is 170 Å². The van der Waals surface area contributed by atoms with Gasteiger partial charge in [-0.15, -0.1) is 0 Å². The largest absolute Gasteiger partial charge is 0.504 e. The number of amides is 11. The van der Waals surface area contributed by atoms with Gasteiger partial charge >= 0.3 is 5.97 Å². The summed E-state index contributed by atoms with van der Waals surface area (Å²) in [5.74, 6) is -10.3. The molecule has 130 heavy (non-hydrogen) atoms. The maximum atomic E-state index is 13.4. The Kier molecular flexibility index (Phi) is 33.1. The van der Waals surface area contributed by atoms with Crippen LogP contribution < -0.4 is 77.8 Å². The second kappa shape index (κ2) is 44.3. The zero-order valence-corrected chi connectivity index (χ0v) is 72.0. The standard InChI is InChI=1S/C46H47N7O12.C46H46N6O13/c1-24(2)64-36-23-26(5)7-21-34(36)50-45(59)33-20-22-35(39(38(33)54)65-25(3)4)51-43(57)27-8-16-31(17-9-27)49-46(60)40(63-6)37(41(47)55)52-44(58)28-10-14-30(15-11-28)48-42(56)29-12-18-32(19-13-29)53(61)62;1-24(2)64-36-23-26(5)7-21-34(36)49-44(57)33-20-22-35(39(38(33)53)65-25(3)4)50-42(55)27-8-16-31(17-9-27)48-45(58)40(63-6)37(46(59)60)51-43(56)28-10-14-30(15-11-28)47-41(54)29-12-18-32(19-13-29)52(61)62/h7-25,37,40,54H,1-6H3,(H2,47,55)(H,48,56)(H,49,60)(H,50,59)(H,51,57)(H,52,58);7-25,37,40,53H,1-6H3,(H,47,54)(H,48,58)(H,49,57)(H,50,55)(H,51,56)(H,59,60). The molecule has 4 unspecified atom stereocenters. The predicted molar refractivity (Wildman–Crippen MR) is 479 cm³/mol. The van der Waals surface area contributed by atoms with Crippen LogP contribution in [0.5, 0.6) is 34.5 Å². The number of carbonyl (C=O) groups excluding carboxylic acids is 11. The lowest BCUT2D eigenvalue weighted by molar-refractivity contribution is -0.385. The van der Waals surface area contributed by atoms with Crippen molar-refractivity contribution in [1.29, 1.82) is 0 Å². The molecule has 10 aromatic rings. The van der Waals surface area contributed by atoms with Gasteiger partial charge in [-0.05, 0) is 250 Å². The SMILES string of the molecule is COC(C(=O)Nc1ccc(C(=O)Nc2ccc(C(=O)Nc3ccc(C)cc3OC(C)C)c(O)c2OC(C)C)cc1)C(NC(=O)c1ccc(NC(=O)c2ccc([N+](=O)[O-])cc2)cc1)C(=O)O.COC(C(=O)Nc1ccc(C(=O)Nc2ccc(C(=O)Nc3ccc(C)cc3OC(C)C)c(O)c2OC(C)C)cc1)C(NC(=O)c1ccc(NC(=O)c2ccc([N+](=O)[O-])cc2)cc1)C(N)=O. The molecule has 0 aliphatic carbocycles. The molecular weight excluding hydrogens is 1690 g/mol. The van der Waals surface area contributed by atoms with Crippen LogP contribution in [0, 0.1) is 34.1 Å². The first-order chi connectivity index (χ1) is 61.7. The smallest absolute Gasteiger partial charge is 0.329 e. The van der Waals surface area contributed by atoms with Crippen LogP contribution in [-0.2, 0) is 28.7 Å². The molecule has 0 aliphatic rings. The lowest BCUT2D eigenvalue weighted by Gasteiger charge is -2.24. The van der Waals surface area contributed by atoms with Crippen molar-refractivity contribution >= 4 is 128 Å². The number of nitro groups is 2. The second-order valence-corrected chi connectivity index (χ2v) is 29.9. The van der Waals surface area contributed by atoms with Crippen molar-refractivity contribution in [1.82, 2.24) is 10.6 Å². The number of methoxy groups -OCH3 is 2. The maximum Gasteiger partial charge on any atom is 0.329 e. The number of hydrogen-bond acceptors (Lipinski definition) is 24. The molecule has 4 atom stereocenters. The van der Waals surface area contributed by atoms with Gasteiger partial charge in [0, 0.05) is 94.6 Å². The minimum absolute atomic E-state index is 0.0162. The van der Waals surface area contributed by atoms with Gasteiger partial charge in [-0.1, -0.05) is 12.1 Å². The normalized spacial score (nSPS) is 11.8. The number of aliphatic carboxylic acids is 1. The van der Waals surface area contributed by atoms with Crippen molar-refractivity contribution in [2.45, 2.75) is 118 Å². The molecule has 0 fully saturated rings. The fourth-order valence-electron chi connectivity index (χ4n) is 12.3. The molecule has 676 valence electrons. The van der Waals surface area contributed by atoms with Gasteiger partial charge in [0.2, 0.25) is 5.91 Å². The summed E-state index contributed by atoms with van der Waals surface area (Å²) in [6.07, 6.45) is -4.62. The van der Waals surface area contributed by atoms with Crippen LogP contribution in [0.2, 0.25) is 0 Å². The number of rotatable bonds is 36. The van der Waals surface area contributed by atoms with E-state index in [0.29, 0.717) is 28.6 Å². The van der Waals surface area contributed by atoms with Crippen LogP contribution in [0.3, 0.4) is 0 Å². The molecule has 10 aromatic carbocycles. The molecule has 0 aliphatic heterocycles. The first-order valence-electron chi connectivity index (χ1n) is 39.9. The van der Waals surface area contributed by atoms with Crippen molar-refractivity contribution in [2.24, 2.45) is 5.73 Å². The lowest BCUT2D eigenvalue weighted by Crippen LogP contribution is -2.56. The number of nitro benzene ring substituents is 2. The van der Waals surface area contributed by atoms with Gasteiger partial charge in [-0.25, -0.2) is 4.79 Å². The maximum absolute atomic E-state index is 13.4. The van der Waals surface area contributed by atoms with Gasteiger partial charge in [-0.3, -0.25) is 73.0 Å². The van der Waals surface area contributed by atoms with Gasteiger partial charge in [0.05, 0.1) is 68.1 Å². The summed E-state index contributed by atoms with van der Waals surface area (Å²) >= 11 is 0. The summed E-state index contributed by atoms with van der Waals surface area (Å²) in [7, 11) is 2.22. The first-order valence-corrected chi connectivity index (χ1v) is 39.9. The van der Waals surface area contributed by atoms with Crippen LogP contribution in [0.1, 0.15) is 149 Å². The number of non-ortho nitro benzene ring substituents is 2. The number of aryl methyl sites for hydroxylation is 2. The van der Waals surface area contributed by atoms with E-state index in [1.54, 1.807) is 64.1 Å². The Morgan fingerprint density at radius 3 is 0.900 bits per heavy atom. The number of nitrogens with one attached hydrogen (secondary N) is 10. The number of anilines is 8. The molecule has 0 bridgehead atoms. The molecule has 0 saturated carbocycles. The number of carbonyl (C=O) groups is 12. The third-order valence-electron chi connectivity index (χ3n) is 18.5. The highest BCUT2D eigenvalue weighted by Crippen LogP contribution is 2.42. The van der Waals surface area contributed by atoms with Crippen molar-refractivity contribution < 1.29 is 111 Å². The summed E-state index contributed by atoms with van der Waals surface area (Å²) in [6, 6.07) is 44.3. The van der Waals surface area contributed by atoms with E-state index in [1.807, 2.05) is 41.5 Å². The molecule has 38 nitrogen and oxygen atoms in total. The monoisotopic (exact) mass is 1780 g/mol. The lowest BCUT2D eigenvalue weighted by atomic mass is 10.1. The molecule has 0 saturated heterocycles. The number of phenols is 2. The average Bonchev–Trinajstić information content (AvgIpc) is 0.799. The Hall–Kier alpha value is -16.6. The van der Waals surface area contributed by atoms with Crippen LogP contribution in [0.15, 0.2) is 206 Å². The number of carboxylic acid groups (broad SMARTS) is 1. The fourth-order valence-corrected chi connectivity index (χ4v) is 12.3. The minimum atomic E-state index is -1.87. The van der Waals surface area contributed by atoms with Crippen LogP contribution in [0.4, 0.5) is 56.9 Å². The highest BCUT2D eigenvalue weighted by atomic mass is 16.6. The molecule has 10 rings (SSSR count). The quantitative estimate of drug-likeness (QED) is 0.0128. The van der Waals surface area contributed by atoms with Gasteiger partial charge < -0.3 is 103 Å². The zero-order chi connectivity index (χ0) is 95.1. The van der Waals surface area contributed by atoms with Crippen LogP contribution in [-0.4, -0.2) is 159 Å². The molecule has 0 spiro atoms. The van der Waals surface area contributed by atoms with Crippen molar-refractivity contribution in [3.05, 3.63) is 282 Å². The molecule has 0 heterocycles. The first kappa shape index (κ1) is 97.2. The Bertz CT molecular complexity index is 5550. The van der Waals surface area contributed by atoms with E-state index in [0.717, 1.165) is 25.3 Å². The average molecular weight is 1780 g/mol. The summed E-state index contributed by atoms with van der Waals surface area (Å²) in [5.41, 5.74) is 9.14. The Labute approximate surface area is 743 Å². The summed E-state index contributed by atoms with van der Waals surface area (Å²) in [6.45, 7) is 18.0. The molecule has 15 N–H and O–H groups in total. The number of hydrogen-bond donors (Lipinski definition) is 14. The van der Waals surface area contributed by atoms with Gasteiger partial charge in [0.1, 0.15) is 17.5 Å². The minimum Gasteiger partial charge on any atom is -0.504 e. The number of aromatic hydroxyl groups is 2. The van der Waals surface area contributed by atoms with Gasteiger partial charge in [0.25, 0.3) is 70.4 Å². The molecule has 11 amide bonds. The summed E-state index contributed by atoms with van der Waals surface area (Å²) in [4.78, 5) is 177. The van der Waals surface area contributed by atoms with Crippen molar-refractivity contribution in [3.63, 3.8) is 0 Å². The number of carboxylic acids is 1. The van der Waals surface area contributed by atoms with Gasteiger partial charge in [0.15, 0.2) is 41.2 Å². The van der Waals surface area contributed by atoms with E-state index >= 15 is 0 Å².